The van der Waals surface area contributed by atoms with Crippen molar-refractivity contribution in [1.82, 2.24) is 0 Å². The molecule has 0 saturated carbocycles. The van der Waals surface area contributed by atoms with Gasteiger partial charge in [-0.25, -0.2) is 4.79 Å². The van der Waals surface area contributed by atoms with Gasteiger partial charge in [-0.1, -0.05) is 64.7 Å². The van der Waals surface area contributed by atoms with Gasteiger partial charge in [-0.3, -0.25) is 4.57 Å². The lowest BCUT2D eigenvalue weighted by Gasteiger charge is -2.11. The van der Waals surface area contributed by atoms with Crippen molar-refractivity contribution in [2.45, 2.75) is 71.1 Å². The van der Waals surface area contributed by atoms with E-state index in [1.165, 1.54) is 58.5 Å². The van der Waals surface area contributed by atoms with Crippen molar-refractivity contribution in [3.8, 4) is 0 Å². The van der Waals surface area contributed by atoms with Crippen LogP contribution in [-0.2, 0) is 13.8 Å². The molecule has 1 rings (SSSR count). The highest BCUT2D eigenvalue weighted by Gasteiger charge is 2.17. The summed E-state index contributed by atoms with van der Waals surface area (Å²) in [6, 6.07) is 6.62. The molecule has 0 aliphatic heterocycles. The third kappa shape index (κ3) is 9.00. The van der Waals surface area contributed by atoms with Gasteiger partial charge in [0, 0.05) is 19.1 Å². The lowest BCUT2D eigenvalue weighted by molar-refractivity contribution is 0.0497. The van der Waals surface area contributed by atoms with E-state index in [9.17, 15) is 9.36 Å². The molecule has 1 unspecified atom stereocenters. The zero-order valence-electron chi connectivity index (χ0n) is 16.7. The fraction of sp³-hybridized carbons (Fsp3) is 0.667. The van der Waals surface area contributed by atoms with Gasteiger partial charge in [0.05, 0.1) is 12.2 Å². The lowest BCUT2D eigenvalue weighted by atomic mass is 10.1. The largest absolute Gasteiger partial charge is 0.462 e. The summed E-state index contributed by atoms with van der Waals surface area (Å²) in [7, 11) is -1.35. The molecule has 4 nitrogen and oxygen atoms in total. The first kappa shape index (κ1) is 22.9. The molecule has 5 heteroatoms. The van der Waals surface area contributed by atoms with E-state index in [1.807, 2.05) is 0 Å². The van der Waals surface area contributed by atoms with Crippen LogP contribution in [0, 0.1) is 0 Å². The normalized spacial score (nSPS) is 13.3. The monoisotopic (exact) mass is 382 g/mol. The minimum absolute atomic E-state index is 0.323. The molecule has 0 saturated heterocycles. The molecule has 0 spiro atoms. The van der Waals surface area contributed by atoms with Gasteiger partial charge >= 0.3 is 5.97 Å². The molecule has 0 aliphatic carbocycles. The van der Waals surface area contributed by atoms with Gasteiger partial charge in [-0.2, -0.15) is 0 Å². The van der Waals surface area contributed by atoms with Crippen LogP contribution in [0.5, 0.6) is 0 Å². The van der Waals surface area contributed by atoms with Crippen molar-refractivity contribution in [2.24, 2.45) is 0 Å². The Bertz CT molecular complexity index is 554. The number of hydrogen-bond donors (Lipinski definition) is 0. The highest BCUT2D eigenvalue weighted by molar-refractivity contribution is 7.66. The second-order valence-corrected chi connectivity index (χ2v) is 9.47. The standard InChI is InChI=1S/C21H35O4P/c1-4-5-6-7-8-9-10-11-12-13-18-25-21(22)19-14-16-20(17-15-19)26(3,23)24-2/h14-17H,4-13,18H2,1-3H3. The van der Waals surface area contributed by atoms with Crippen molar-refractivity contribution in [2.75, 3.05) is 20.4 Å². The van der Waals surface area contributed by atoms with E-state index >= 15 is 0 Å². The zero-order chi connectivity index (χ0) is 19.3. The Morgan fingerprint density at radius 2 is 1.38 bits per heavy atom. The first-order valence-electron chi connectivity index (χ1n) is 9.92. The van der Waals surface area contributed by atoms with Gasteiger partial charge in [0.1, 0.15) is 0 Å². The average molecular weight is 382 g/mol. The van der Waals surface area contributed by atoms with Crippen LogP contribution in [0.25, 0.3) is 0 Å². The molecule has 1 atom stereocenters. The summed E-state index contributed by atoms with van der Waals surface area (Å²) in [6.45, 7) is 4.26. The second kappa shape index (κ2) is 13.1. The summed E-state index contributed by atoms with van der Waals surface area (Å²) >= 11 is 0. The molecule has 0 aromatic heterocycles. The number of rotatable bonds is 14. The van der Waals surface area contributed by atoms with Crippen molar-refractivity contribution in [3.63, 3.8) is 0 Å². The molecule has 1 aromatic rings. The Morgan fingerprint density at radius 3 is 1.88 bits per heavy atom. The summed E-state index contributed by atoms with van der Waals surface area (Å²) in [4.78, 5) is 12.0. The Kier molecular flexibility index (Phi) is 11.6. The molecule has 26 heavy (non-hydrogen) atoms. The topological polar surface area (TPSA) is 52.6 Å². The van der Waals surface area contributed by atoms with Crippen LogP contribution in [0.15, 0.2) is 24.3 Å². The summed E-state index contributed by atoms with van der Waals surface area (Å²) in [5.41, 5.74) is 0.483. The van der Waals surface area contributed by atoms with Crippen molar-refractivity contribution < 1.29 is 18.6 Å². The van der Waals surface area contributed by atoms with Gasteiger partial charge < -0.3 is 9.26 Å². The zero-order valence-corrected chi connectivity index (χ0v) is 17.6. The van der Waals surface area contributed by atoms with Crippen molar-refractivity contribution in [1.29, 1.82) is 0 Å². The van der Waals surface area contributed by atoms with Crippen LogP contribution >= 0.6 is 7.37 Å². The Morgan fingerprint density at radius 1 is 0.885 bits per heavy atom. The molecule has 0 radical (unpaired) electrons. The summed E-state index contributed by atoms with van der Waals surface area (Å²) in [6.07, 6.45) is 12.6. The number of carbonyl (C=O) groups excluding carboxylic acids is 1. The minimum atomic E-state index is -2.78. The summed E-state index contributed by atoms with van der Waals surface area (Å²) in [5.74, 6) is -0.323. The van der Waals surface area contributed by atoms with E-state index in [-0.39, 0.29) is 5.97 Å². The quantitative estimate of drug-likeness (QED) is 0.227. The van der Waals surface area contributed by atoms with E-state index in [2.05, 4.69) is 6.92 Å². The molecular formula is C21H35O4P. The SMILES string of the molecule is CCCCCCCCCCCCOC(=O)c1ccc(P(C)(=O)OC)cc1. The van der Waals surface area contributed by atoms with Crippen LogP contribution in [0.3, 0.4) is 0 Å². The van der Waals surface area contributed by atoms with Gasteiger partial charge in [0.25, 0.3) is 0 Å². The highest BCUT2D eigenvalue weighted by Crippen LogP contribution is 2.39. The number of hydrogen-bond acceptors (Lipinski definition) is 4. The van der Waals surface area contributed by atoms with E-state index in [1.54, 1.807) is 30.9 Å². The first-order chi connectivity index (χ1) is 12.5. The van der Waals surface area contributed by atoms with Gasteiger partial charge in [-0.15, -0.1) is 0 Å². The molecule has 0 fully saturated rings. The van der Waals surface area contributed by atoms with Crippen LogP contribution in [-0.4, -0.2) is 26.4 Å². The van der Waals surface area contributed by atoms with Gasteiger partial charge in [0.2, 0.25) is 7.37 Å². The molecule has 148 valence electrons. The van der Waals surface area contributed by atoms with E-state index in [0.29, 0.717) is 17.5 Å². The van der Waals surface area contributed by atoms with E-state index in [4.69, 9.17) is 9.26 Å². The first-order valence-corrected chi connectivity index (χ1v) is 12.0. The number of ether oxygens (including phenoxy) is 1. The smallest absolute Gasteiger partial charge is 0.338 e. The highest BCUT2D eigenvalue weighted by atomic mass is 31.2. The van der Waals surface area contributed by atoms with Crippen LogP contribution in [0.2, 0.25) is 0 Å². The van der Waals surface area contributed by atoms with Crippen LogP contribution in [0.4, 0.5) is 0 Å². The molecule has 0 amide bonds. The number of carbonyl (C=O) groups is 1. The number of unbranched alkanes of at least 4 members (excludes halogenated alkanes) is 9. The molecule has 1 aromatic carbocycles. The van der Waals surface area contributed by atoms with Gasteiger partial charge in [-0.05, 0) is 30.7 Å². The van der Waals surface area contributed by atoms with Crippen LogP contribution in [0.1, 0.15) is 81.5 Å². The summed E-state index contributed by atoms with van der Waals surface area (Å²) in [5, 5.41) is 0.603. The van der Waals surface area contributed by atoms with E-state index < -0.39 is 7.37 Å². The maximum absolute atomic E-state index is 12.1. The molecule has 0 heterocycles. The lowest BCUT2D eigenvalue weighted by Crippen LogP contribution is -2.10. The maximum Gasteiger partial charge on any atom is 0.338 e. The Hall–Kier alpha value is -1.12. The van der Waals surface area contributed by atoms with E-state index in [0.717, 1.165) is 12.8 Å². The van der Waals surface area contributed by atoms with Gasteiger partial charge in [0.15, 0.2) is 0 Å². The molecule has 0 N–H and O–H groups in total. The third-order valence-electron chi connectivity index (χ3n) is 4.65. The Labute approximate surface area is 159 Å². The van der Waals surface area contributed by atoms with Crippen molar-refractivity contribution in [3.05, 3.63) is 29.8 Å². The van der Waals surface area contributed by atoms with Crippen molar-refractivity contribution >= 4 is 18.6 Å². The molecular weight excluding hydrogens is 347 g/mol. The number of esters is 1. The van der Waals surface area contributed by atoms with Crippen LogP contribution < -0.4 is 5.30 Å². The predicted octanol–water partition coefficient (Wildman–Crippen LogP) is 5.94. The Balaban J connectivity index is 2.12. The third-order valence-corrected chi connectivity index (χ3v) is 6.58. The predicted molar refractivity (Wildman–Crippen MR) is 109 cm³/mol. The second-order valence-electron chi connectivity index (χ2n) is 6.89. The molecule has 0 bridgehead atoms. The maximum atomic E-state index is 12.1. The number of benzene rings is 1. The average Bonchev–Trinajstić information content (AvgIpc) is 2.66. The fourth-order valence-electron chi connectivity index (χ4n) is 2.81. The molecule has 0 aliphatic rings. The summed E-state index contributed by atoms with van der Waals surface area (Å²) < 4.78 is 22.4. The fourth-order valence-corrected chi connectivity index (χ4v) is 3.71. The minimum Gasteiger partial charge on any atom is -0.462 e.